The van der Waals surface area contributed by atoms with Gasteiger partial charge in [-0.1, -0.05) is 5.16 Å². The average molecular weight is 601 g/mol. The molecule has 208 valence electrons. The van der Waals surface area contributed by atoms with Crippen molar-refractivity contribution in [2.75, 3.05) is 24.6 Å². The van der Waals surface area contributed by atoms with Crippen LogP contribution in [0.2, 0.25) is 0 Å². The van der Waals surface area contributed by atoms with Gasteiger partial charge in [-0.25, -0.2) is 13.9 Å². The summed E-state index contributed by atoms with van der Waals surface area (Å²) in [6, 6.07) is 2.39. The van der Waals surface area contributed by atoms with Crippen LogP contribution >= 0.6 is 31.0 Å². The van der Waals surface area contributed by atoms with Crippen LogP contribution in [0.15, 0.2) is 41.0 Å². The minimum absolute atomic E-state index is 0.0882. The van der Waals surface area contributed by atoms with E-state index in [0.717, 1.165) is 4.90 Å². The molecule has 2 amide bonds. The molecule has 2 aliphatic heterocycles. The number of carbonyl (C=O) groups is 3. The molecule has 5 N–H and O–H groups in total. The lowest BCUT2D eigenvalue weighted by molar-refractivity contribution is -0.689. The smallest absolute Gasteiger partial charge is 0.429 e. The summed E-state index contributed by atoms with van der Waals surface area (Å²) >= 11 is 1.87. The minimum atomic E-state index is -4.66. The Labute approximate surface area is 229 Å². The number of methoxy groups -OCH3 is 1. The maximum Gasteiger partial charge on any atom is 0.429 e. The summed E-state index contributed by atoms with van der Waals surface area (Å²) in [4.78, 5) is 66.3. The van der Waals surface area contributed by atoms with Gasteiger partial charge in [-0.3, -0.25) is 19.6 Å². The number of hydrogen-bond acceptors (Lipinski definition) is 11. The van der Waals surface area contributed by atoms with Crippen molar-refractivity contribution in [3.05, 3.63) is 41.6 Å². The van der Waals surface area contributed by atoms with Crippen molar-refractivity contribution in [2.45, 2.75) is 24.9 Å². The molecule has 39 heavy (non-hydrogen) atoms. The van der Waals surface area contributed by atoms with Crippen LogP contribution in [0, 0.1) is 0 Å². The van der Waals surface area contributed by atoms with Crippen molar-refractivity contribution >= 4 is 59.7 Å². The Morgan fingerprint density at radius 1 is 1.33 bits per heavy atom. The monoisotopic (exact) mass is 600 g/mol. The van der Waals surface area contributed by atoms with E-state index in [1.165, 1.54) is 18.9 Å². The lowest BCUT2D eigenvalue weighted by Gasteiger charge is -2.49. The van der Waals surface area contributed by atoms with Crippen LogP contribution in [0.3, 0.4) is 0 Å². The number of oxime groups is 1. The Morgan fingerprint density at radius 2 is 2.05 bits per heavy atom. The first-order valence-corrected chi connectivity index (χ1v) is 14.6. The number of carboxylic acid groups (broad SMARTS) is 1. The second kappa shape index (κ2) is 11.7. The van der Waals surface area contributed by atoms with Gasteiger partial charge in [0.05, 0.1) is 7.11 Å². The summed E-state index contributed by atoms with van der Waals surface area (Å²) in [5.74, 6) is -2.12. The van der Waals surface area contributed by atoms with Crippen LogP contribution in [0.5, 0.6) is 5.75 Å². The summed E-state index contributed by atoms with van der Waals surface area (Å²) in [7, 11) is -3.13. The molecule has 0 aliphatic carbocycles. The number of thioether (sulfide) groups is 1. The van der Waals surface area contributed by atoms with Gasteiger partial charge in [0.25, 0.3) is 11.8 Å². The summed E-state index contributed by atoms with van der Waals surface area (Å²) in [6.07, 6.45) is 3.46. The van der Waals surface area contributed by atoms with Gasteiger partial charge in [0, 0.05) is 35.0 Å². The fourth-order valence-electron chi connectivity index (χ4n) is 3.72. The molecule has 1 fully saturated rings. The fraction of sp³-hybridized carbons (Fsp3) is 0.350. The van der Waals surface area contributed by atoms with Crippen LogP contribution < -0.4 is 19.7 Å². The minimum Gasteiger partial charge on any atom is -0.496 e. The number of amides is 2. The highest BCUT2D eigenvalue weighted by atomic mass is 32.2. The molecule has 2 atom stereocenters. The molecule has 1 saturated heterocycles. The number of nitrogens with zero attached hydrogens (tertiary/aromatic N) is 5. The largest absolute Gasteiger partial charge is 0.496 e. The molecule has 0 bridgehead atoms. The van der Waals surface area contributed by atoms with E-state index in [1.54, 1.807) is 36.0 Å². The molecule has 0 radical (unpaired) electrons. The summed E-state index contributed by atoms with van der Waals surface area (Å²) < 4.78 is 21.9. The molecule has 4 heterocycles. The predicted molar refractivity (Wildman–Crippen MR) is 137 cm³/mol. The first-order chi connectivity index (χ1) is 18.5. The molecule has 2 aliphatic rings. The summed E-state index contributed by atoms with van der Waals surface area (Å²) in [5.41, 5.74) is -0.0491. The SMILES string of the molecule is CCO/N=C(\C(=O)NC1C(=O)N2C(C(=O)O)=C(C[n+]3ccc(OC)cc3)CS[C@H]12)c1nsc(NP(=O)(O)O)n1. The van der Waals surface area contributed by atoms with Gasteiger partial charge >= 0.3 is 13.7 Å². The molecule has 2 aromatic heterocycles. The van der Waals surface area contributed by atoms with Crippen molar-refractivity contribution < 1.29 is 48.0 Å². The molecule has 4 rings (SSSR count). The molecule has 16 nitrogen and oxygen atoms in total. The second-order valence-corrected chi connectivity index (χ2v) is 11.1. The lowest BCUT2D eigenvalue weighted by atomic mass is 10.0. The van der Waals surface area contributed by atoms with E-state index >= 15 is 0 Å². The van der Waals surface area contributed by atoms with E-state index in [4.69, 9.17) is 19.4 Å². The topological polar surface area (TPSA) is 217 Å². The Bertz CT molecular complexity index is 1390. The van der Waals surface area contributed by atoms with Crippen molar-refractivity contribution in [3.63, 3.8) is 0 Å². The summed E-state index contributed by atoms with van der Waals surface area (Å²) in [5, 5.41) is 17.0. The second-order valence-electron chi connectivity index (χ2n) is 7.97. The number of fused-ring (bicyclic) bond motifs is 1. The molecular weight excluding hydrogens is 577 g/mol. The third-order valence-corrected chi connectivity index (χ3v) is 8.01. The number of nitrogens with one attached hydrogen (secondary N) is 2. The van der Waals surface area contributed by atoms with Gasteiger partial charge in [0.15, 0.2) is 18.9 Å². The van der Waals surface area contributed by atoms with E-state index in [1.807, 2.05) is 5.09 Å². The number of pyridine rings is 1. The van der Waals surface area contributed by atoms with E-state index in [0.29, 0.717) is 28.6 Å². The quantitative estimate of drug-likeness (QED) is 0.0725. The number of β-lactam (4-membered cyclic amide) rings is 1. The molecular formula is C20H23N7O9PS2+. The Balaban J connectivity index is 1.51. The van der Waals surface area contributed by atoms with E-state index in [9.17, 15) is 24.1 Å². The lowest BCUT2D eigenvalue weighted by Crippen LogP contribution is -2.71. The molecule has 0 spiro atoms. The zero-order chi connectivity index (χ0) is 28.3. The zero-order valence-electron chi connectivity index (χ0n) is 20.4. The highest BCUT2D eigenvalue weighted by Crippen LogP contribution is 2.40. The van der Waals surface area contributed by atoms with Gasteiger partial charge in [0.2, 0.25) is 16.7 Å². The fourth-order valence-corrected chi connectivity index (χ4v) is 6.30. The van der Waals surface area contributed by atoms with Gasteiger partial charge in [-0.15, -0.1) is 11.8 Å². The number of carbonyl (C=O) groups excluding carboxylic acids is 2. The van der Waals surface area contributed by atoms with Gasteiger partial charge in [0.1, 0.15) is 29.5 Å². The maximum absolute atomic E-state index is 13.0. The number of aliphatic carboxylic acids is 1. The third kappa shape index (κ3) is 6.36. The summed E-state index contributed by atoms with van der Waals surface area (Å²) in [6.45, 7) is 1.94. The van der Waals surface area contributed by atoms with E-state index < -0.39 is 42.7 Å². The van der Waals surface area contributed by atoms with Crippen LogP contribution in [-0.4, -0.2) is 83.5 Å². The van der Waals surface area contributed by atoms with Crippen LogP contribution in [0.25, 0.3) is 0 Å². The van der Waals surface area contributed by atoms with Crippen LogP contribution in [-0.2, 0) is 30.3 Å². The number of aromatic nitrogens is 3. The van der Waals surface area contributed by atoms with Crippen molar-refractivity contribution in [2.24, 2.45) is 5.16 Å². The predicted octanol–water partition coefficient (Wildman–Crippen LogP) is -0.482. The van der Waals surface area contributed by atoms with Crippen molar-refractivity contribution in [1.82, 2.24) is 19.6 Å². The van der Waals surface area contributed by atoms with Crippen molar-refractivity contribution in [3.8, 4) is 5.75 Å². The Morgan fingerprint density at radius 3 is 2.67 bits per heavy atom. The number of anilines is 1. The number of ether oxygens (including phenoxy) is 1. The van der Waals surface area contributed by atoms with E-state index in [2.05, 4.69) is 19.8 Å². The first-order valence-electron chi connectivity index (χ1n) is 11.1. The van der Waals surface area contributed by atoms with Crippen LogP contribution in [0.4, 0.5) is 5.13 Å². The molecule has 19 heteroatoms. The average Bonchev–Trinajstić information content (AvgIpc) is 3.33. The molecule has 0 aromatic carbocycles. The van der Waals surface area contributed by atoms with Crippen LogP contribution in [0.1, 0.15) is 12.7 Å². The standard InChI is InChI=1S/C20H22N7O9PS2/c1-3-36-23-12(15-22-20(39-25-15)24-37(32,33)34)16(28)21-13-17(29)27-14(19(30)31)10(9-38-18(13)27)8-26-6-4-11(35-2)5-7-26/h4-7,13,18H,3,8-9H2,1-2H3,(H4-,21,22,24,25,28,30,31,32,33,34)/p+1/b23-12-/t13?,18-/m1/s1. The first kappa shape index (κ1) is 28.4. The number of hydrogen-bond donors (Lipinski definition) is 5. The third-order valence-electron chi connectivity index (χ3n) is 5.39. The van der Waals surface area contributed by atoms with Gasteiger partial charge in [-0.2, -0.15) is 9.36 Å². The normalized spacial score (nSPS) is 19.2. The zero-order valence-corrected chi connectivity index (χ0v) is 22.9. The highest BCUT2D eigenvalue weighted by Gasteiger charge is 2.55. The molecule has 1 unspecified atom stereocenters. The Kier molecular flexibility index (Phi) is 8.51. The maximum atomic E-state index is 13.0. The number of rotatable bonds is 11. The van der Waals surface area contributed by atoms with Crippen molar-refractivity contribution in [1.29, 1.82) is 0 Å². The van der Waals surface area contributed by atoms with Gasteiger partial charge in [-0.05, 0) is 6.92 Å². The molecule has 0 saturated carbocycles. The highest BCUT2D eigenvalue weighted by molar-refractivity contribution is 8.00. The molecule has 2 aromatic rings. The van der Waals surface area contributed by atoms with Gasteiger partial charge < -0.3 is 29.8 Å². The number of carboxylic acids is 1. The Hall–Kier alpha value is -3.57. The van der Waals surface area contributed by atoms with E-state index in [-0.39, 0.29) is 29.8 Å².